The Kier molecular flexibility index (Phi) is 7.11. The van der Waals surface area contributed by atoms with Crippen molar-refractivity contribution in [1.29, 1.82) is 0 Å². The zero-order chi connectivity index (χ0) is 11.0. The number of hydrogen-bond donors (Lipinski definition) is 2. The van der Waals surface area contributed by atoms with Crippen LogP contribution in [0.4, 0.5) is 0 Å². The summed E-state index contributed by atoms with van der Waals surface area (Å²) in [6.45, 7) is 4.64. The topological polar surface area (TPSA) is 63.3 Å². The molecule has 0 amide bonds. The zero-order valence-electron chi connectivity index (χ0n) is 9.12. The molecule has 0 saturated heterocycles. The molecule has 1 unspecified atom stereocenters. The smallest absolute Gasteiger partial charge is 0.306 e. The van der Waals surface area contributed by atoms with Gasteiger partial charge in [-0.05, 0) is 32.7 Å². The summed E-state index contributed by atoms with van der Waals surface area (Å²) in [5.41, 5.74) is 6.59. The van der Waals surface area contributed by atoms with Crippen LogP contribution in [0.2, 0.25) is 0 Å². The van der Waals surface area contributed by atoms with Gasteiger partial charge in [0.25, 0.3) is 0 Å². The van der Waals surface area contributed by atoms with Crippen LogP contribution in [0, 0.1) is 5.92 Å². The fraction of sp³-hybridized carbons (Fsp3) is 0.727. The Morgan fingerprint density at radius 2 is 2.21 bits per heavy atom. The highest BCUT2D eigenvalue weighted by Gasteiger charge is 2.14. The summed E-state index contributed by atoms with van der Waals surface area (Å²) in [5, 5.41) is 8.89. The first-order chi connectivity index (χ1) is 6.61. The van der Waals surface area contributed by atoms with Crippen LogP contribution in [0.1, 0.15) is 39.5 Å². The Balaban J connectivity index is 4.03. The van der Waals surface area contributed by atoms with Crippen molar-refractivity contribution < 1.29 is 9.90 Å². The number of nitrogens with two attached hydrogens (primary N) is 1. The van der Waals surface area contributed by atoms with Crippen LogP contribution < -0.4 is 5.73 Å². The van der Waals surface area contributed by atoms with E-state index in [4.69, 9.17) is 10.8 Å². The van der Waals surface area contributed by atoms with Crippen LogP contribution in [-0.2, 0) is 4.79 Å². The number of carbonyl (C=O) groups is 1. The second kappa shape index (κ2) is 7.56. The minimum atomic E-state index is -0.691. The normalized spacial score (nSPS) is 14.1. The largest absolute Gasteiger partial charge is 0.481 e. The van der Waals surface area contributed by atoms with E-state index >= 15 is 0 Å². The van der Waals surface area contributed by atoms with Gasteiger partial charge in [-0.25, -0.2) is 0 Å². The summed E-state index contributed by atoms with van der Waals surface area (Å²) in [5.74, 6) is -0.920. The van der Waals surface area contributed by atoms with Crippen LogP contribution in [-0.4, -0.2) is 17.6 Å². The van der Waals surface area contributed by atoms with Crippen molar-refractivity contribution >= 4 is 5.97 Å². The lowest BCUT2D eigenvalue weighted by molar-refractivity contribution is -0.141. The van der Waals surface area contributed by atoms with Gasteiger partial charge in [-0.3, -0.25) is 4.79 Å². The van der Waals surface area contributed by atoms with Crippen LogP contribution in [0.15, 0.2) is 11.6 Å². The van der Waals surface area contributed by atoms with Crippen LogP contribution in [0.25, 0.3) is 0 Å². The summed E-state index contributed by atoms with van der Waals surface area (Å²) >= 11 is 0. The molecule has 0 aliphatic rings. The summed E-state index contributed by atoms with van der Waals surface area (Å²) in [6, 6.07) is 0. The molecule has 0 aliphatic carbocycles. The van der Waals surface area contributed by atoms with Crippen molar-refractivity contribution in [3.63, 3.8) is 0 Å². The highest BCUT2D eigenvalue weighted by molar-refractivity contribution is 5.70. The Labute approximate surface area is 86.0 Å². The molecular formula is C11H21NO2. The van der Waals surface area contributed by atoms with Crippen LogP contribution >= 0.6 is 0 Å². The first-order valence-electron chi connectivity index (χ1n) is 5.20. The Morgan fingerprint density at radius 1 is 1.57 bits per heavy atom. The SMILES string of the molecule is CCCC(C/C=C(/C)CCN)C(=O)O. The summed E-state index contributed by atoms with van der Waals surface area (Å²) in [7, 11) is 0. The van der Waals surface area contributed by atoms with Gasteiger partial charge in [0, 0.05) is 0 Å². The van der Waals surface area contributed by atoms with E-state index in [1.807, 2.05) is 19.9 Å². The number of carboxylic acid groups (broad SMARTS) is 1. The first-order valence-corrected chi connectivity index (χ1v) is 5.20. The predicted octanol–water partition coefficient (Wildman–Crippen LogP) is 2.17. The fourth-order valence-corrected chi connectivity index (χ4v) is 1.36. The third-order valence-corrected chi connectivity index (χ3v) is 2.28. The van der Waals surface area contributed by atoms with Gasteiger partial charge in [-0.2, -0.15) is 0 Å². The monoisotopic (exact) mass is 199 g/mol. The molecule has 82 valence electrons. The maximum Gasteiger partial charge on any atom is 0.306 e. The number of carboxylic acids is 1. The van der Waals surface area contributed by atoms with E-state index in [9.17, 15) is 4.79 Å². The van der Waals surface area contributed by atoms with E-state index in [2.05, 4.69) is 0 Å². The van der Waals surface area contributed by atoms with E-state index in [1.54, 1.807) is 0 Å². The first kappa shape index (κ1) is 13.2. The number of rotatable bonds is 7. The van der Waals surface area contributed by atoms with Crippen LogP contribution in [0.5, 0.6) is 0 Å². The molecule has 0 bridgehead atoms. The quantitative estimate of drug-likeness (QED) is 0.618. The third kappa shape index (κ3) is 5.75. The van der Waals surface area contributed by atoms with Gasteiger partial charge in [0.1, 0.15) is 0 Å². The maximum absolute atomic E-state index is 10.8. The average molecular weight is 199 g/mol. The lowest BCUT2D eigenvalue weighted by Crippen LogP contribution is -2.12. The summed E-state index contributed by atoms with van der Waals surface area (Å²) < 4.78 is 0. The molecule has 0 fully saturated rings. The van der Waals surface area contributed by atoms with Crippen molar-refractivity contribution in [1.82, 2.24) is 0 Å². The lowest BCUT2D eigenvalue weighted by atomic mass is 9.98. The minimum Gasteiger partial charge on any atom is -0.481 e. The molecule has 0 spiro atoms. The third-order valence-electron chi connectivity index (χ3n) is 2.28. The second-order valence-corrected chi connectivity index (χ2v) is 3.65. The van der Waals surface area contributed by atoms with E-state index < -0.39 is 5.97 Å². The lowest BCUT2D eigenvalue weighted by Gasteiger charge is -2.08. The zero-order valence-corrected chi connectivity index (χ0v) is 9.12. The Bertz CT molecular complexity index is 199. The van der Waals surface area contributed by atoms with E-state index in [0.717, 1.165) is 19.3 Å². The molecule has 0 saturated carbocycles. The summed E-state index contributed by atoms with van der Waals surface area (Å²) in [6.07, 6.45) is 5.16. The fourth-order valence-electron chi connectivity index (χ4n) is 1.36. The highest BCUT2D eigenvalue weighted by Crippen LogP contribution is 2.14. The average Bonchev–Trinajstić information content (AvgIpc) is 2.12. The molecule has 3 nitrogen and oxygen atoms in total. The molecule has 3 N–H and O–H groups in total. The van der Waals surface area contributed by atoms with Crippen molar-refractivity contribution in [3.8, 4) is 0 Å². The van der Waals surface area contributed by atoms with Gasteiger partial charge >= 0.3 is 5.97 Å². The molecule has 0 aliphatic heterocycles. The van der Waals surface area contributed by atoms with Gasteiger partial charge in [-0.1, -0.05) is 25.0 Å². The number of aliphatic carboxylic acids is 1. The molecule has 3 heteroatoms. The second-order valence-electron chi connectivity index (χ2n) is 3.65. The van der Waals surface area contributed by atoms with Gasteiger partial charge in [0.2, 0.25) is 0 Å². The summed E-state index contributed by atoms with van der Waals surface area (Å²) in [4.78, 5) is 10.8. The van der Waals surface area contributed by atoms with Gasteiger partial charge in [0.15, 0.2) is 0 Å². The van der Waals surface area contributed by atoms with Crippen molar-refractivity contribution in [3.05, 3.63) is 11.6 Å². The van der Waals surface area contributed by atoms with Gasteiger partial charge in [-0.15, -0.1) is 0 Å². The molecule has 0 aromatic rings. The van der Waals surface area contributed by atoms with Crippen molar-refractivity contribution in [2.75, 3.05) is 6.54 Å². The Hall–Kier alpha value is -0.830. The molecule has 0 aromatic carbocycles. The maximum atomic E-state index is 10.8. The molecule has 0 heterocycles. The van der Waals surface area contributed by atoms with Gasteiger partial charge in [0.05, 0.1) is 5.92 Å². The molecule has 0 aromatic heterocycles. The van der Waals surface area contributed by atoms with E-state index in [-0.39, 0.29) is 5.92 Å². The van der Waals surface area contributed by atoms with Gasteiger partial charge < -0.3 is 10.8 Å². The molecule has 14 heavy (non-hydrogen) atoms. The molecule has 1 atom stereocenters. The Morgan fingerprint density at radius 3 is 2.64 bits per heavy atom. The highest BCUT2D eigenvalue weighted by atomic mass is 16.4. The van der Waals surface area contributed by atoms with Crippen LogP contribution in [0.3, 0.4) is 0 Å². The number of allylic oxidation sites excluding steroid dienone is 1. The van der Waals surface area contributed by atoms with E-state index in [1.165, 1.54) is 5.57 Å². The van der Waals surface area contributed by atoms with Crippen molar-refractivity contribution in [2.45, 2.75) is 39.5 Å². The molecule has 0 rings (SSSR count). The number of hydrogen-bond acceptors (Lipinski definition) is 2. The minimum absolute atomic E-state index is 0.229. The van der Waals surface area contributed by atoms with E-state index in [0.29, 0.717) is 13.0 Å². The molecular weight excluding hydrogens is 178 g/mol. The molecule has 0 radical (unpaired) electrons. The van der Waals surface area contributed by atoms with Crippen molar-refractivity contribution in [2.24, 2.45) is 11.7 Å². The predicted molar refractivity (Wildman–Crippen MR) is 58.1 cm³/mol. The standard InChI is InChI=1S/C11H21NO2/c1-3-4-10(11(13)14)6-5-9(2)7-8-12/h5,10H,3-4,6-8,12H2,1-2H3,(H,13,14)/b9-5-.